The van der Waals surface area contributed by atoms with Gasteiger partial charge in [0.25, 0.3) is 0 Å². The molecule has 0 bridgehead atoms. The first-order valence-electron chi connectivity index (χ1n) is 7.83. The second-order valence-corrected chi connectivity index (χ2v) is 5.64. The molecular weight excluding hydrogens is 382 g/mol. The van der Waals surface area contributed by atoms with Gasteiger partial charge in [-0.05, 0) is 18.2 Å². The number of hydrogen-bond donors (Lipinski definition) is 1. The summed E-state index contributed by atoms with van der Waals surface area (Å²) in [7, 11) is 1.64. The van der Waals surface area contributed by atoms with Crippen molar-refractivity contribution in [2.75, 3.05) is 7.05 Å². The molecule has 2 heterocycles. The van der Waals surface area contributed by atoms with Gasteiger partial charge in [-0.1, -0.05) is 5.16 Å². The van der Waals surface area contributed by atoms with Crippen LogP contribution in [0.2, 0.25) is 0 Å². The van der Waals surface area contributed by atoms with Gasteiger partial charge in [-0.3, -0.25) is 0 Å². The van der Waals surface area contributed by atoms with Gasteiger partial charge in [0.1, 0.15) is 5.76 Å². The van der Waals surface area contributed by atoms with Crippen molar-refractivity contribution in [2.45, 2.75) is 6.54 Å². The van der Waals surface area contributed by atoms with Crippen LogP contribution in [0.3, 0.4) is 0 Å². The molecule has 2 aromatic heterocycles. The van der Waals surface area contributed by atoms with Crippen molar-refractivity contribution in [2.24, 2.45) is 5.16 Å². The summed E-state index contributed by atoms with van der Waals surface area (Å²) in [5.74, 6) is -7.37. The molecule has 0 aliphatic rings. The van der Waals surface area contributed by atoms with E-state index in [9.17, 15) is 22.8 Å². The van der Waals surface area contributed by atoms with Gasteiger partial charge >= 0.3 is 0 Å². The number of benzene rings is 1. The van der Waals surface area contributed by atoms with Crippen molar-refractivity contribution < 1.29 is 31.9 Å². The number of furan rings is 1. The van der Waals surface area contributed by atoms with Crippen LogP contribution in [0.25, 0.3) is 0 Å². The summed E-state index contributed by atoms with van der Waals surface area (Å²) in [5.41, 5.74) is 0.343. The van der Waals surface area contributed by atoms with Crippen molar-refractivity contribution in [1.82, 2.24) is 9.88 Å². The zero-order chi connectivity index (χ0) is 20.3. The Kier molecular flexibility index (Phi) is 5.48. The first kappa shape index (κ1) is 19.2. The van der Waals surface area contributed by atoms with E-state index in [0.717, 1.165) is 0 Å². The Labute approximate surface area is 156 Å². The first-order valence-corrected chi connectivity index (χ1v) is 7.83. The molecule has 0 aliphatic carbocycles. The van der Waals surface area contributed by atoms with Gasteiger partial charge in [-0.15, -0.1) is 0 Å². The molecule has 0 atom stereocenters. The highest BCUT2D eigenvalue weighted by atomic mass is 19.2. The zero-order valence-corrected chi connectivity index (χ0v) is 14.4. The fourth-order valence-electron chi connectivity index (χ4n) is 2.38. The Hall–Kier alpha value is -3.56. The molecule has 6 nitrogen and oxygen atoms in total. The molecule has 0 saturated carbocycles. The maximum atomic E-state index is 13.7. The predicted octanol–water partition coefficient (Wildman–Crippen LogP) is 4.29. The molecule has 146 valence electrons. The number of ether oxygens (including phenoxy) is 1. The molecule has 0 aliphatic heterocycles. The lowest BCUT2D eigenvalue weighted by Crippen LogP contribution is -2.27. The monoisotopic (exact) mass is 395 g/mol. The lowest BCUT2D eigenvalue weighted by atomic mass is 10.2. The van der Waals surface area contributed by atoms with Crippen LogP contribution in [0, 0.1) is 23.3 Å². The Bertz CT molecular complexity index is 966. The van der Waals surface area contributed by atoms with E-state index in [1.807, 2.05) is 0 Å². The second-order valence-electron chi connectivity index (χ2n) is 5.64. The molecule has 3 rings (SSSR count). The highest BCUT2D eigenvalue weighted by molar-refractivity contribution is 5.97. The SMILES string of the molecule is CN(Cc1ccco1)/C(=N\O)c1ccc(Oc2c(F)c(F)cc(F)c2F)nc1. The van der Waals surface area contributed by atoms with Crippen LogP contribution in [0.5, 0.6) is 11.6 Å². The lowest BCUT2D eigenvalue weighted by Gasteiger charge is -2.18. The highest BCUT2D eigenvalue weighted by Gasteiger charge is 2.22. The van der Waals surface area contributed by atoms with Crippen LogP contribution in [-0.2, 0) is 6.54 Å². The molecule has 0 fully saturated rings. The van der Waals surface area contributed by atoms with Crippen molar-refractivity contribution in [1.29, 1.82) is 0 Å². The molecular formula is C18H13F4N3O3. The van der Waals surface area contributed by atoms with Crippen molar-refractivity contribution in [3.63, 3.8) is 0 Å². The molecule has 0 amide bonds. The van der Waals surface area contributed by atoms with E-state index in [1.54, 1.807) is 24.1 Å². The van der Waals surface area contributed by atoms with Gasteiger partial charge in [0.05, 0.1) is 12.8 Å². The van der Waals surface area contributed by atoms with E-state index in [1.165, 1.54) is 24.6 Å². The van der Waals surface area contributed by atoms with Crippen molar-refractivity contribution in [3.05, 3.63) is 77.4 Å². The van der Waals surface area contributed by atoms with Gasteiger partial charge in [0.15, 0.2) is 17.5 Å². The minimum Gasteiger partial charge on any atom is -0.467 e. The Morgan fingerprint density at radius 2 is 1.89 bits per heavy atom. The van der Waals surface area contributed by atoms with Gasteiger partial charge < -0.3 is 19.3 Å². The highest BCUT2D eigenvalue weighted by Crippen LogP contribution is 2.30. The number of halogens is 4. The number of aromatic nitrogens is 1. The molecule has 1 aromatic carbocycles. The molecule has 3 aromatic rings. The molecule has 0 spiro atoms. The average Bonchev–Trinajstić information content (AvgIpc) is 3.18. The minimum absolute atomic E-state index is 0.0763. The number of nitrogens with zero attached hydrogens (tertiary/aromatic N) is 3. The van der Waals surface area contributed by atoms with Crippen molar-refractivity contribution >= 4 is 5.84 Å². The Morgan fingerprint density at radius 3 is 2.43 bits per heavy atom. The standard InChI is InChI=1S/C18H13F4N3O3/c1-25(9-11-3-2-6-27-11)18(24-26)10-4-5-14(23-8-10)28-17-15(21)12(19)7-13(20)16(17)22/h2-8,26H,9H2,1H3/b24-18-. The molecule has 28 heavy (non-hydrogen) atoms. The average molecular weight is 395 g/mol. The third kappa shape index (κ3) is 3.90. The smallest absolute Gasteiger partial charge is 0.219 e. The van der Waals surface area contributed by atoms with E-state index in [2.05, 4.69) is 10.1 Å². The summed E-state index contributed by atoms with van der Waals surface area (Å²) >= 11 is 0. The largest absolute Gasteiger partial charge is 0.467 e. The van der Waals surface area contributed by atoms with Gasteiger partial charge in [-0.25, -0.2) is 13.8 Å². The number of rotatable bonds is 5. The molecule has 0 saturated heterocycles. The topological polar surface area (TPSA) is 71.1 Å². The number of amidine groups is 1. The summed E-state index contributed by atoms with van der Waals surface area (Å²) in [4.78, 5) is 5.39. The number of hydrogen-bond acceptors (Lipinski definition) is 5. The van der Waals surface area contributed by atoms with E-state index in [0.29, 0.717) is 17.9 Å². The van der Waals surface area contributed by atoms with Crippen LogP contribution < -0.4 is 4.74 Å². The molecule has 0 radical (unpaired) electrons. The minimum atomic E-state index is -1.68. The number of oxime groups is 1. The van der Waals surface area contributed by atoms with E-state index < -0.39 is 29.0 Å². The van der Waals surface area contributed by atoms with E-state index >= 15 is 0 Å². The molecule has 0 unspecified atom stereocenters. The Balaban J connectivity index is 1.80. The van der Waals surface area contributed by atoms with Crippen molar-refractivity contribution in [3.8, 4) is 11.6 Å². The van der Waals surface area contributed by atoms with E-state index in [4.69, 9.17) is 9.15 Å². The van der Waals surface area contributed by atoms with Crippen LogP contribution in [0.15, 0.2) is 52.4 Å². The summed E-state index contributed by atoms with van der Waals surface area (Å²) in [5, 5.41) is 12.5. The maximum absolute atomic E-state index is 13.7. The quantitative estimate of drug-likeness (QED) is 0.174. The summed E-state index contributed by atoms with van der Waals surface area (Å²) < 4.78 is 63.9. The van der Waals surface area contributed by atoms with Crippen LogP contribution in [0.4, 0.5) is 17.6 Å². The third-order valence-electron chi connectivity index (χ3n) is 3.70. The Morgan fingerprint density at radius 1 is 1.18 bits per heavy atom. The van der Waals surface area contributed by atoms with Gasteiger partial charge in [0.2, 0.25) is 23.3 Å². The van der Waals surface area contributed by atoms with Crippen LogP contribution in [0.1, 0.15) is 11.3 Å². The third-order valence-corrected chi connectivity index (χ3v) is 3.70. The molecule has 10 heteroatoms. The van der Waals surface area contributed by atoms with Crippen LogP contribution in [-0.4, -0.2) is 28.0 Å². The summed E-state index contributed by atoms with van der Waals surface area (Å²) in [6.45, 7) is 0.295. The summed E-state index contributed by atoms with van der Waals surface area (Å²) in [6, 6.07) is 6.11. The van der Waals surface area contributed by atoms with Crippen LogP contribution >= 0.6 is 0 Å². The fraction of sp³-hybridized carbons (Fsp3) is 0.111. The van der Waals surface area contributed by atoms with Gasteiger partial charge in [0, 0.05) is 30.9 Å². The van der Waals surface area contributed by atoms with Gasteiger partial charge in [-0.2, -0.15) is 8.78 Å². The predicted molar refractivity (Wildman–Crippen MR) is 89.1 cm³/mol. The zero-order valence-electron chi connectivity index (χ0n) is 14.4. The lowest BCUT2D eigenvalue weighted by molar-refractivity contribution is 0.302. The van der Waals surface area contributed by atoms with E-state index in [-0.39, 0.29) is 17.8 Å². The molecule has 1 N–H and O–H groups in total. The first-order chi connectivity index (χ1) is 13.4. The normalized spacial score (nSPS) is 11.5. The fourth-order valence-corrected chi connectivity index (χ4v) is 2.38. The number of pyridine rings is 1. The summed E-state index contributed by atoms with van der Waals surface area (Å²) in [6.07, 6.45) is 2.70. The second kappa shape index (κ2) is 7.99. The maximum Gasteiger partial charge on any atom is 0.219 e.